The molecule has 6 heteroatoms. The van der Waals surface area contributed by atoms with E-state index in [1.165, 1.54) is 0 Å². The number of piperidine rings is 1. The molecular formula is C16H28N2O4. The quantitative estimate of drug-likeness (QED) is 0.656. The number of nitrogens with one attached hydrogen (secondary N) is 1. The normalized spacial score (nSPS) is 31.7. The SMILES string of the molecule is CCCN(CC(=O)O)C[C@H]1CCC2CNC(C(=O)O)CC2C1. The Morgan fingerprint density at radius 1 is 1.18 bits per heavy atom. The van der Waals surface area contributed by atoms with Crippen molar-refractivity contribution >= 4 is 11.9 Å². The van der Waals surface area contributed by atoms with Crippen molar-refractivity contribution in [2.75, 3.05) is 26.2 Å². The Labute approximate surface area is 131 Å². The van der Waals surface area contributed by atoms with Gasteiger partial charge < -0.3 is 15.5 Å². The van der Waals surface area contributed by atoms with Crippen LogP contribution in [-0.4, -0.2) is 59.3 Å². The third-order valence-electron chi connectivity index (χ3n) is 5.13. The largest absolute Gasteiger partial charge is 0.480 e. The molecule has 1 saturated heterocycles. The molecule has 2 aliphatic rings. The summed E-state index contributed by atoms with van der Waals surface area (Å²) in [4.78, 5) is 24.1. The number of aliphatic carboxylic acids is 2. The molecule has 4 atom stereocenters. The number of rotatable bonds is 7. The van der Waals surface area contributed by atoms with Gasteiger partial charge in [0.2, 0.25) is 0 Å². The molecule has 1 aliphatic heterocycles. The van der Waals surface area contributed by atoms with E-state index in [0.29, 0.717) is 24.2 Å². The molecule has 0 radical (unpaired) electrons. The van der Waals surface area contributed by atoms with Crippen molar-refractivity contribution < 1.29 is 19.8 Å². The van der Waals surface area contributed by atoms with E-state index in [1.807, 2.05) is 4.90 Å². The van der Waals surface area contributed by atoms with Gasteiger partial charge in [-0.3, -0.25) is 14.5 Å². The first-order valence-electron chi connectivity index (χ1n) is 8.40. The van der Waals surface area contributed by atoms with Gasteiger partial charge in [-0.05, 0) is 62.9 Å². The van der Waals surface area contributed by atoms with E-state index in [1.54, 1.807) is 0 Å². The fourth-order valence-electron chi connectivity index (χ4n) is 4.12. The van der Waals surface area contributed by atoms with Crippen LogP contribution >= 0.6 is 0 Å². The van der Waals surface area contributed by atoms with Gasteiger partial charge in [0.1, 0.15) is 6.04 Å². The van der Waals surface area contributed by atoms with E-state index in [-0.39, 0.29) is 6.54 Å². The minimum atomic E-state index is -0.769. The van der Waals surface area contributed by atoms with Crippen LogP contribution < -0.4 is 5.32 Å². The third kappa shape index (κ3) is 4.68. The van der Waals surface area contributed by atoms with Crippen molar-refractivity contribution in [1.82, 2.24) is 10.2 Å². The highest BCUT2D eigenvalue weighted by Gasteiger charge is 2.37. The minimum absolute atomic E-state index is 0.109. The first-order valence-corrected chi connectivity index (χ1v) is 8.40. The van der Waals surface area contributed by atoms with Crippen LogP contribution in [0.15, 0.2) is 0 Å². The molecule has 126 valence electrons. The van der Waals surface area contributed by atoms with Crippen molar-refractivity contribution in [3.8, 4) is 0 Å². The highest BCUT2D eigenvalue weighted by molar-refractivity contribution is 5.73. The highest BCUT2D eigenvalue weighted by Crippen LogP contribution is 2.38. The van der Waals surface area contributed by atoms with Gasteiger partial charge in [-0.1, -0.05) is 6.92 Å². The van der Waals surface area contributed by atoms with Gasteiger partial charge in [0.25, 0.3) is 0 Å². The summed E-state index contributed by atoms with van der Waals surface area (Å²) in [7, 11) is 0. The van der Waals surface area contributed by atoms with Crippen molar-refractivity contribution in [2.24, 2.45) is 17.8 Å². The number of hydrogen-bond acceptors (Lipinski definition) is 4. The van der Waals surface area contributed by atoms with Crippen LogP contribution in [0.2, 0.25) is 0 Å². The van der Waals surface area contributed by atoms with E-state index in [4.69, 9.17) is 5.11 Å². The van der Waals surface area contributed by atoms with Gasteiger partial charge in [-0.15, -0.1) is 0 Å². The molecule has 0 aromatic rings. The van der Waals surface area contributed by atoms with Crippen LogP contribution in [0.3, 0.4) is 0 Å². The molecule has 0 aromatic carbocycles. The maximum atomic E-state index is 11.2. The molecule has 6 nitrogen and oxygen atoms in total. The predicted octanol–water partition coefficient (Wildman–Crippen LogP) is 1.26. The van der Waals surface area contributed by atoms with Gasteiger partial charge in [0.05, 0.1) is 6.54 Å². The summed E-state index contributed by atoms with van der Waals surface area (Å²) in [5.74, 6) is 0.0362. The monoisotopic (exact) mass is 312 g/mol. The van der Waals surface area contributed by atoms with Gasteiger partial charge in [-0.2, -0.15) is 0 Å². The Morgan fingerprint density at radius 3 is 2.59 bits per heavy atom. The molecule has 2 fully saturated rings. The van der Waals surface area contributed by atoms with Gasteiger partial charge >= 0.3 is 11.9 Å². The second-order valence-electron chi connectivity index (χ2n) is 6.86. The first-order chi connectivity index (χ1) is 10.5. The maximum Gasteiger partial charge on any atom is 0.320 e. The fourth-order valence-corrected chi connectivity index (χ4v) is 4.12. The van der Waals surface area contributed by atoms with Gasteiger partial charge in [-0.25, -0.2) is 0 Å². The lowest BCUT2D eigenvalue weighted by atomic mass is 9.69. The number of carboxylic acids is 2. The summed E-state index contributed by atoms with van der Waals surface area (Å²) in [5, 5.41) is 21.3. The summed E-state index contributed by atoms with van der Waals surface area (Å²) in [6, 6.07) is -0.411. The summed E-state index contributed by atoms with van der Waals surface area (Å²) >= 11 is 0. The van der Waals surface area contributed by atoms with Crippen LogP contribution in [-0.2, 0) is 9.59 Å². The Balaban J connectivity index is 1.88. The lowest BCUT2D eigenvalue weighted by molar-refractivity contribution is -0.141. The molecule has 1 aliphatic carbocycles. The van der Waals surface area contributed by atoms with Crippen molar-refractivity contribution in [2.45, 2.75) is 45.1 Å². The van der Waals surface area contributed by atoms with Crippen LogP contribution in [0.25, 0.3) is 0 Å². The van der Waals surface area contributed by atoms with E-state index in [0.717, 1.165) is 45.3 Å². The molecule has 0 amide bonds. The number of fused-ring (bicyclic) bond motifs is 1. The van der Waals surface area contributed by atoms with Gasteiger partial charge in [0, 0.05) is 6.54 Å². The molecule has 3 unspecified atom stereocenters. The summed E-state index contributed by atoms with van der Waals surface area (Å²) < 4.78 is 0. The average Bonchev–Trinajstić information content (AvgIpc) is 2.46. The summed E-state index contributed by atoms with van der Waals surface area (Å²) in [5.41, 5.74) is 0. The topological polar surface area (TPSA) is 89.9 Å². The van der Waals surface area contributed by atoms with Crippen LogP contribution in [0.4, 0.5) is 0 Å². The fraction of sp³-hybridized carbons (Fsp3) is 0.875. The zero-order valence-electron chi connectivity index (χ0n) is 13.3. The number of hydrogen-bond donors (Lipinski definition) is 3. The van der Waals surface area contributed by atoms with E-state index in [2.05, 4.69) is 12.2 Å². The molecule has 0 spiro atoms. The summed E-state index contributed by atoms with van der Waals surface area (Å²) in [6.07, 6.45) is 4.96. The van der Waals surface area contributed by atoms with Crippen LogP contribution in [0.1, 0.15) is 39.0 Å². The first kappa shape index (κ1) is 17.2. The molecule has 3 N–H and O–H groups in total. The maximum absolute atomic E-state index is 11.2. The van der Waals surface area contributed by atoms with Crippen molar-refractivity contribution in [3.63, 3.8) is 0 Å². The highest BCUT2D eigenvalue weighted by atomic mass is 16.4. The third-order valence-corrected chi connectivity index (χ3v) is 5.13. The second-order valence-corrected chi connectivity index (χ2v) is 6.86. The zero-order chi connectivity index (χ0) is 16.1. The van der Waals surface area contributed by atoms with Gasteiger partial charge in [0.15, 0.2) is 0 Å². The minimum Gasteiger partial charge on any atom is -0.480 e. The number of carboxylic acid groups (broad SMARTS) is 2. The second kappa shape index (κ2) is 7.92. The lowest BCUT2D eigenvalue weighted by Gasteiger charge is -2.42. The molecule has 0 bridgehead atoms. The lowest BCUT2D eigenvalue weighted by Crippen LogP contribution is -2.50. The summed E-state index contributed by atoms with van der Waals surface area (Å²) in [6.45, 7) is 4.63. The molecule has 1 saturated carbocycles. The standard InChI is InChI=1S/C16H28N2O4/c1-2-5-18(10-15(19)20)9-11-3-4-12-8-17-14(16(21)22)7-13(12)6-11/h11-14,17H,2-10H2,1H3,(H,19,20)(H,21,22)/t11-,12?,13?,14?/m0/s1. The molecular weight excluding hydrogens is 284 g/mol. The van der Waals surface area contributed by atoms with E-state index >= 15 is 0 Å². The molecule has 2 rings (SSSR count). The number of carbonyl (C=O) groups is 2. The van der Waals surface area contributed by atoms with E-state index in [9.17, 15) is 14.7 Å². The average molecular weight is 312 g/mol. The Morgan fingerprint density at radius 2 is 1.95 bits per heavy atom. The molecule has 0 aromatic heterocycles. The Kier molecular flexibility index (Phi) is 6.20. The predicted molar refractivity (Wildman–Crippen MR) is 82.7 cm³/mol. The van der Waals surface area contributed by atoms with E-state index < -0.39 is 18.0 Å². The van der Waals surface area contributed by atoms with Crippen molar-refractivity contribution in [1.29, 1.82) is 0 Å². The Bertz CT molecular complexity index is 402. The Hall–Kier alpha value is -1.14. The van der Waals surface area contributed by atoms with Crippen LogP contribution in [0, 0.1) is 17.8 Å². The zero-order valence-corrected chi connectivity index (χ0v) is 13.3. The smallest absolute Gasteiger partial charge is 0.320 e. The number of nitrogens with zero attached hydrogens (tertiary/aromatic N) is 1. The van der Waals surface area contributed by atoms with Crippen LogP contribution in [0.5, 0.6) is 0 Å². The van der Waals surface area contributed by atoms with Crippen molar-refractivity contribution in [3.05, 3.63) is 0 Å². The molecule has 22 heavy (non-hydrogen) atoms. The molecule has 1 heterocycles.